The second kappa shape index (κ2) is 10.0. The summed E-state index contributed by atoms with van der Waals surface area (Å²) in [6.45, 7) is 8.02. The zero-order valence-corrected chi connectivity index (χ0v) is 21.7. The molecule has 0 aliphatic carbocycles. The van der Waals surface area contributed by atoms with Crippen molar-refractivity contribution in [2.24, 2.45) is 10.9 Å². The second-order valence-electron chi connectivity index (χ2n) is 8.83. The van der Waals surface area contributed by atoms with Gasteiger partial charge in [-0.15, -0.1) is 0 Å². The molecule has 0 N–H and O–H groups in total. The Bertz CT molecular complexity index is 1360. The molecule has 1 fully saturated rings. The number of piperidine rings is 1. The smallest absolute Gasteiger partial charge is 0.279 e. The largest absolute Gasteiger partial charge is 0.495 e. The maximum Gasteiger partial charge on any atom is 0.279 e. The Kier molecular flexibility index (Phi) is 7.25. The van der Waals surface area contributed by atoms with Crippen LogP contribution in [0.3, 0.4) is 0 Å². The normalized spacial score (nSPS) is 16.3. The molecule has 0 spiro atoms. The number of amides is 1. The number of hydrogen-bond acceptors (Lipinski definition) is 5. The SMILES string of the molecule is CCCn1c(=NC(=O)c2ccc(S(=O)(=O)N3CCC(C)CC3)cc2)sc2c(C)ccc(OC)c21. The van der Waals surface area contributed by atoms with Crippen LogP contribution in [-0.2, 0) is 16.6 Å². The third-order valence-corrected chi connectivity index (χ3v) is 9.46. The maximum absolute atomic E-state index is 13.0. The lowest BCUT2D eigenvalue weighted by atomic mass is 10.0. The van der Waals surface area contributed by atoms with Gasteiger partial charge in [-0.1, -0.05) is 31.3 Å². The van der Waals surface area contributed by atoms with Crippen LogP contribution in [0, 0.1) is 12.8 Å². The molecular weight excluding hydrogens is 470 g/mol. The highest BCUT2D eigenvalue weighted by atomic mass is 32.2. The summed E-state index contributed by atoms with van der Waals surface area (Å²) < 4.78 is 36.1. The molecule has 4 rings (SSSR count). The zero-order valence-electron chi connectivity index (χ0n) is 20.1. The lowest BCUT2D eigenvalue weighted by Crippen LogP contribution is -2.37. The van der Waals surface area contributed by atoms with Crippen molar-refractivity contribution in [3.63, 3.8) is 0 Å². The summed E-state index contributed by atoms with van der Waals surface area (Å²) >= 11 is 1.46. The van der Waals surface area contributed by atoms with Gasteiger partial charge in [-0.05, 0) is 68.0 Å². The number of hydrogen-bond donors (Lipinski definition) is 0. The molecule has 3 aromatic rings. The van der Waals surface area contributed by atoms with Gasteiger partial charge >= 0.3 is 0 Å². The summed E-state index contributed by atoms with van der Waals surface area (Å²) in [5.41, 5.74) is 2.40. The van der Waals surface area contributed by atoms with Crippen LogP contribution >= 0.6 is 11.3 Å². The van der Waals surface area contributed by atoms with Gasteiger partial charge in [-0.25, -0.2) is 8.42 Å². The van der Waals surface area contributed by atoms with Gasteiger partial charge in [-0.3, -0.25) is 4.79 Å². The number of methoxy groups -OCH3 is 1. The van der Waals surface area contributed by atoms with Crippen LogP contribution in [0.15, 0.2) is 46.3 Å². The molecule has 0 saturated carbocycles. The minimum atomic E-state index is -3.56. The number of thiazole rings is 1. The summed E-state index contributed by atoms with van der Waals surface area (Å²) in [6, 6.07) is 10.1. The van der Waals surface area contributed by atoms with Crippen molar-refractivity contribution in [2.45, 2.75) is 51.5 Å². The van der Waals surface area contributed by atoms with Crippen molar-refractivity contribution in [2.75, 3.05) is 20.2 Å². The highest BCUT2D eigenvalue weighted by molar-refractivity contribution is 7.89. The van der Waals surface area contributed by atoms with Crippen molar-refractivity contribution >= 4 is 37.5 Å². The first-order chi connectivity index (χ1) is 16.3. The van der Waals surface area contributed by atoms with Gasteiger partial charge in [0.25, 0.3) is 5.91 Å². The Morgan fingerprint density at radius 2 is 1.82 bits per heavy atom. The number of fused-ring (bicyclic) bond motifs is 1. The fourth-order valence-electron chi connectivity index (χ4n) is 4.25. The number of ether oxygens (including phenoxy) is 1. The molecule has 0 atom stereocenters. The quantitative estimate of drug-likeness (QED) is 0.495. The first kappa shape index (κ1) is 24.6. The van der Waals surface area contributed by atoms with E-state index in [0.717, 1.165) is 40.8 Å². The van der Waals surface area contributed by atoms with Gasteiger partial charge in [0.1, 0.15) is 11.3 Å². The van der Waals surface area contributed by atoms with Gasteiger partial charge in [0, 0.05) is 25.2 Å². The van der Waals surface area contributed by atoms with E-state index in [1.54, 1.807) is 19.2 Å². The standard InChI is InChI=1S/C25H31N3O4S2/c1-5-14-28-22-21(32-4)11-6-18(3)23(22)33-25(28)26-24(29)19-7-9-20(10-8-19)34(30,31)27-15-12-17(2)13-16-27/h6-11,17H,5,12-16H2,1-4H3. The highest BCUT2D eigenvalue weighted by Crippen LogP contribution is 2.30. The topological polar surface area (TPSA) is 81.0 Å². The molecule has 0 unspecified atom stereocenters. The van der Waals surface area contributed by atoms with Crippen LogP contribution in [0.25, 0.3) is 10.2 Å². The van der Waals surface area contributed by atoms with E-state index in [1.165, 1.54) is 27.8 Å². The summed E-state index contributed by atoms with van der Waals surface area (Å²) in [5, 5.41) is 0. The molecule has 0 radical (unpaired) electrons. The van der Waals surface area contributed by atoms with Gasteiger partial charge < -0.3 is 9.30 Å². The van der Waals surface area contributed by atoms with Gasteiger partial charge in [-0.2, -0.15) is 9.30 Å². The van der Waals surface area contributed by atoms with Crippen molar-refractivity contribution in [1.82, 2.24) is 8.87 Å². The summed E-state index contributed by atoms with van der Waals surface area (Å²) in [4.78, 5) is 18.3. The maximum atomic E-state index is 13.0. The fraction of sp³-hybridized carbons (Fsp3) is 0.440. The van der Waals surface area contributed by atoms with E-state index in [2.05, 4.69) is 18.8 Å². The Hall–Kier alpha value is -2.49. The van der Waals surface area contributed by atoms with Crippen LogP contribution in [0.1, 0.15) is 49.0 Å². The number of aryl methyl sites for hydroxylation is 2. The molecule has 0 bridgehead atoms. The third-order valence-electron chi connectivity index (χ3n) is 6.33. The number of sulfonamides is 1. The fourth-order valence-corrected chi connectivity index (χ4v) is 6.86. The molecule has 2 aromatic carbocycles. The molecule has 182 valence electrons. The number of nitrogens with zero attached hydrogens (tertiary/aromatic N) is 3. The molecule has 1 amide bonds. The molecule has 1 saturated heterocycles. The van der Waals surface area contributed by atoms with E-state index in [4.69, 9.17) is 4.74 Å². The minimum Gasteiger partial charge on any atom is -0.495 e. The van der Waals surface area contributed by atoms with E-state index in [1.807, 2.05) is 23.6 Å². The van der Waals surface area contributed by atoms with Crippen LogP contribution in [-0.4, -0.2) is 43.4 Å². The minimum absolute atomic E-state index is 0.210. The zero-order chi connectivity index (χ0) is 24.5. The lowest BCUT2D eigenvalue weighted by molar-refractivity contribution is 0.0997. The van der Waals surface area contributed by atoms with Crippen LogP contribution in [0.5, 0.6) is 5.75 Å². The number of rotatable bonds is 6. The average Bonchev–Trinajstić information content (AvgIpc) is 3.19. The van der Waals surface area contributed by atoms with Crippen LogP contribution in [0.4, 0.5) is 0 Å². The van der Waals surface area contributed by atoms with E-state index >= 15 is 0 Å². The van der Waals surface area contributed by atoms with Crippen molar-refractivity contribution in [3.8, 4) is 5.75 Å². The summed E-state index contributed by atoms with van der Waals surface area (Å²) in [6.07, 6.45) is 2.61. The van der Waals surface area contributed by atoms with Crippen LogP contribution < -0.4 is 9.54 Å². The first-order valence-electron chi connectivity index (χ1n) is 11.6. The van der Waals surface area contributed by atoms with Crippen molar-refractivity contribution in [3.05, 3.63) is 52.3 Å². The van der Waals surface area contributed by atoms with Gasteiger partial charge in [0.15, 0.2) is 4.80 Å². The molecule has 1 aliphatic heterocycles. The second-order valence-corrected chi connectivity index (χ2v) is 11.7. The van der Waals surface area contributed by atoms with Gasteiger partial charge in [0.05, 0.1) is 16.7 Å². The Labute approximate surface area is 204 Å². The van der Waals surface area contributed by atoms with E-state index in [-0.39, 0.29) is 4.90 Å². The number of aromatic nitrogens is 1. The Morgan fingerprint density at radius 1 is 1.15 bits per heavy atom. The Balaban J connectivity index is 1.67. The number of carbonyl (C=O) groups is 1. The highest BCUT2D eigenvalue weighted by Gasteiger charge is 2.28. The molecule has 2 heterocycles. The molecule has 34 heavy (non-hydrogen) atoms. The number of benzene rings is 2. The molecule has 7 nitrogen and oxygen atoms in total. The molecule has 1 aliphatic rings. The Morgan fingerprint density at radius 3 is 2.44 bits per heavy atom. The predicted molar refractivity (Wildman–Crippen MR) is 135 cm³/mol. The van der Waals surface area contributed by atoms with E-state index in [9.17, 15) is 13.2 Å². The third kappa shape index (κ3) is 4.69. The monoisotopic (exact) mass is 501 g/mol. The molecule has 9 heteroatoms. The van der Waals surface area contributed by atoms with E-state index < -0.39 is 15.9 Å². The average molecular weight is 502 g/mol. The lowest BCUT2D eigenvalue weighted by Gasteiger charge is -2.29. The van der Waals surface area contributed by atoms with Gasteiger partial charge in [0.2, 0.25) is 10.0 Å². The molecular formula is C25H31N3O4S2. The number of carbonyl (C=O) groups excluding carboxylic acids is 1. The predicted octanol–water partition coefficient (Wildman–Crippen LogP) is 4.59. The summed E-state index contributed by atoms with van der Waals surface area (Å²) in [5.74, 6) is 0.894. The molecule has 1 aromatic heterocycles. The first-order valence-corrected chi connectivity index (χ1v) is 13.9. The van der Waals surface area contributed by atoms with Crippen molar-refractivity contribution in [1.29, 1.82) is 0 Å². The van der Waals surface area contributed by atoms with Crippen LogP contribution in [0.2, 0.25) is 0 Å². The van der Waals surface area contributed by atoms with E-state index in [0.29, 0.717) is 35.9 Å². The van der Waals surface area contributed by atoms with Crippen molar-refractivity contribution < 1.29 is 17.9 Å². The summed E-state index contributed by atoms with van der Waals surface area (Å²) in [7, 11) is -1.92.